The summed E-state index contributed by atoms with van der Waals surface area (Å²) in [6.45, 7) is 0. The number of nitrogens with zero attached hydrogens (tertiary/aromatic N) is 6. The second kappa shape index (κ2) is 19.6. The number of para-hydroxylation sites is 3. The molecule has 2 aliphatic rings. The second-order valence-corrected chi connectivity index (χ2v) is 24.4. The topological polar surface area (TPSA) is 61.4 Å². The molecule has 0 fully saturated rings. The number of fused-ring (bicyclic) bond motifs is 15. The number of hydrogen-bond acceptors (Lipinski definition) is 4. The van der Waals surface area contributed by atoms with Crippen LogP contribution < -0.4 is 0 Å². The number of rotatable bonds is 8. The van der Waals surface area contributed by atoms with Gasteiger partial charge in [-0.3, -0.25) is 0 Å². The molecule has 0 unspecified atom stereocenters. The molecule has 0 spiro atoms. The highest BCUT2D eigenvalue weighted by molar-refractivity contribution is 6.29. The molecule has 18 aromatic rings. The summed E-state index contributed by atoms with van der Waals surface area (Å²) >= 11 is 0. The molecule has 0 saturated carbocycles. The van der Waals surface area contributed by atoms with Gasteiger partial charge >= 0.3 is 0 Å². The highest BCUT2D eigenvalue weighted by Gasteiger charge is 2.28. The fraction of sp³-hybridized carbons (Fsp3) is 0. The van der Waals surface area contributed by atoms with Crippen LogP contribution in [0.2, 0.25) is 0 Å². The minimum Gasteiger partial charge on any atom is -0.309 e. The van der Waals surface area contributed by atoms with Crippen LogP contribution in [-0.4, -0.2) is 29.1 Å². The van der Waals surface area contributed by atoms with Crippen molar-refractivity contribution in [2.75, 3.05) is 0 Å². The van der Waals surface area contributed by atoms with Gasteiger partial charge in [-0.05, 0) is 133 Å². The van der Waals surface area contributed by atoms with Crippen LogP contribution in [0, 0.1) is 0 Å². The molecule has 20 rings (SSSR count). The highest BCUT2D eigenvalue weighted by atomic mass is 15.0. The van der Waals surface area contributed by atoms with E-state index in [-0.39, 0.29) is 0 Å². The molecular formula is C86H50N6. The lowest BCUT2D eigenvalue weighted by Gasteiger charge is -2.14. The number of benzene rings is 14. The van der Waals surface area contributed by atoms with E-state index in [1.807, 2.05) is 6.07 Å². The summed E-state index contributed by atoms with van der Waals surface area (Å²) in [6, 6.07) is 110. The van der Waals surface area contributed by atoms with Crippen LogP contribution in [0.4, 0.5) is 0 Å². The molecule has 0 aliphatic heterocycles. The smallest absolute Gasteiger partial charge is 0.160 e. The third-order valence-corrected chi connectivity index (χ3v) is 19.4. The number of hydrogen-bond donors (Lipinski definition) is 0. The summed E-state index contributed by atoms with van der Waals surface area (Å²) in [5.74, 6) is 1.33. The van der Waals surface area contributed by atoms with E-state index in [2.05, 4.69) is 306 Å². The SMILES string of the molecule is c1ccc(-c2cc(-c3cccc(-c4ccc(-c5nc(-c6cccc(-n7c8ccccc8c8cc9c%10c(cccc%10c87)-c7ccccc7-9)c6)nc6ccccc56)cc4)c3)nc(-c3cccc(-n4c5ccccc5c5cc6c7c(cccc7c54)-c4ccccc4-6)c3)n2)cc1. The van der Waals surface area contributed by atoms with E-state index < -0.39 is 0 Å². The van der Waals surface area contributed by atoms with Gasteiger partial charge in [-0.25, -0.2) is 19.9 Å². The molecule has 6 heteroatoms. The number of aromatic nitrogens is 6. The fourth-order valence-electron chi connectivity index (χ4n) is 15.3. The lowest BCUT2D eigenvalue weighted by molar-refractivity contribution is 1.16. The largest absolute Gasteiger partial charge is 0.309 e. The van der Waals surface area contributed by atoms with Gasteiger partial charge in [0.15, 0.2) is 11.6 Å². The maximum atomic E-state index is 5.45. The molecule has 0 atom stereocenters. The first-order valence-corrected chi connectivity index (χ1v) is 31.4. The summed E-state index contributed by atoms with van der Waals surface area (Å²) in [6.07, 6.45) is 0. The van der Waals surface area contributed by atoms with Gasteiger partial charge in [0.05, 0.1) is 44.7 Å². The maximum Gasteiger partial charge on any atom is 0.160 e. The van der Waals surface area contributed by atoms with Crippen molar-refractivity contribution in [1.82, 2.24) is 29.1 Å². The maximum absolute atomic E-state index is 5.45. The first-order chi connectivity index (χ1) is 45.6. The Balaban J connectivity index is 0.665. The zero-order chi connectivity index (χ0) is 60.1. The molecular weight excluding hydrogens is 1120 g/mol. The molecule has 0 N–H and O–H groups in total. The Morgan fingerprint density at radius 1 is 0.217 bits per heavy atom. The summed E-state index contributed by atoms with van der Waals surface area (Å²) in [5, 5.41) is 11.0. The molecule has 0 bridgehead atoms. The van der Waals surface area contributed by atoms with Gasteiger partial charge in [0.2, 0.25) is 0 Å². The summed E-state index contributed by atoms with van der Waals surface area (Å²) < 4.78 is 4.89. The normalized spacial score (nSPS) is 12.1. The molecule has 424 valence electrons. The zero-order valence-electron chi connectivity index (χ0n) is 49.6. The lowest BCUT2D eigenvalue weighted by atomic mass is 9.98. The summed E-state index contributed by atoms with van der Waals surface area (Å²) in [5.41, 5.74) is 27.7. The van der Waals surface area contributed by atoms with Crippen molar-refractivity contribution in [2.45, 2.75) is 0 Å². The summed E-state index contributed by atoms with van der Waals surface area (Å²) in [7, 11) is 0. The van der Waals surface area contributed by atoms with Crippen LogP contribution in [0.15, 0.2) is 303 Å². The average Bonchev–Trinajstić information content (AvgIpc) is 1.55. The monoisotopic (exact) mass is 1170 g/mol. The van der Waals surface area contributed by atoms with E-state index in [9.17, 15) is 0 Å². The van der Waals surface area contributed by atoms with Gasteiger partial charge in [0.1, 0.15) is 0 Å². The van der Waals surface area contributed by atoms with Gasteiger partial charge in [-0.2, -0.15) is 0 Å². The molecule has 14 aromatic carbocycles. The van der Waals surface area contributed by atoms with Crippen LogP contribution >= 0.6 is 0 Å². The quantitative estimate of drug-likeness (QED) is 0.152. The van der Waals surface area contributed by atoms with Crippen LogP contribution in [0.1, 0.15) is 0 Å². The van der Waals surface area contributed by atoms with E-state index in [1.165, 1.54) is 98.6 Å². The molecule has 4 aromatic heterocycles. The predicted octanol–water partition coefficient (Wildman–Crippen LogP) is 22.2. The third kappa shape index (κ3) is 7.49. The van der Waals surface area contributed by atoms with Gasteiger partial charge in [-0.1, -0.05) is 237 Å². The Morgan fingerprint density at radius 3 is 1.24 bits per heavy atom. The van der Waals surface area contributed by atoms with Crippen LogP contribution in [0.5, 0.6) is 0 Å². The second-order valence-electron chi connectivity index (χ2n) is 24.4. The van der Waals surface area contributed by atoms with Gasteiger partial charge in [0, 0.05) is 76.9 Å². The first kappa shape index (κ1) is 50.6. The van der Waals surface area contributed by atoms with Crippen molar-refractivity contribution < 1.29 is 0 Å². The fourth-order valence-corrected chi connectivity index (χ4v) is 15.3. The van der Waals surface area contributed by atoms with Crippen LogP contribution in [-0.2, 0) is 0 Å². The minimum absolute atomic E-state index is 0.657. The zero-order valence-corrected chi connectivity index (χ0v) is 49.6. The Morgan fingerprint density at radius 2 is 0.641 bits per heavy atom. The standard InChI is InChI=1S/C86H50N6/c1-2-19-52(20-3-1)76-50-77(89-85(88-76)56-23-15-25-58(46-56)91-78-39-12-9-31-64(78)73-48-71-62-29-6-4-27-60(62)66-34-17-36-69(80(66)71)83(73)91)55-22-14-21-54(45-55)51-41-43-53(44-42-51)82-68-33-8-11-38-75(68)87-86(90-82)57-24-16-26-59(47-57)92-79-40-13-10-32-65(79)74-49-72-63-30-7-5-28-61(63)67-35-18-37-70(81(67)72)84(74)92/h1-50H. The molecule has 6 nitrogen and oxygen atoms in total. The van der Waals surface area contributed by atoms with Crippen LogP contribution in [0.25, 0.3) is 200 Å². The van der Waals surface area contributed by atoms with Crippen molar-refractivity contribution in [3.63, 3.8) is 0 Å². The Hall–Kier alpha value is -12.4. The molecule has 2 aliphatic carbocycles. The minimum atomic E-state index is 0.657. The molecule has 0 saturated heterocycles. The average molecular weight is 1170 g/mol. The van der Waals surface area contributed by atoms with Crippen molar-refractivity contribution >= 4 is 76.1 Å². The van der Waals surface area contributed by atoms with Gasteiger partial charge in [-0.15, -0.1) is 0 Å². The Labute approximate surface area is 528 Å². The van der Waals surface area contributed by atoms with E-state index in [0.29, 0.717) is 11.6 Å². The van der Waals surface area contributed by atoms with Crippen molar-refractivity contribution in [1.29, 1.82) is 0 Å². The van der Waals surface area contributed by atoms with E-state index in [1.54, 1.807) is 0 Å². The van der Waals surface area contributed by atoms with E-state index in [0.717, 1.165) is 89.3 Å². The first-order valence-electron chi connectivity index (χ1n) is 31.4. The predicted molar refractivity (Wildman–Crippen MR) is 380 cm³/mol. The molecule has 0 amide bonds. The third-order valence-electron chi connectivity index (χ3n) is 19.4. The van der Waals surface area contributed by atoms with E-state index in [4.69, 9.17) is 19.9 Å². The van der Waals surface area contributed by atoms with Crippen LogP contribution in [0.3, 0.4) is 0 Å². The lowest BCUT2D eigenvalue weighted by Crippen LogP contribution is -1.98. The van der Waals surface area contributed by atoms with Crippen molar-refractivity contribution in [3.05, 3.63) is 303 Å². The summed E-state index contributed by atoms with van der Waals surface area (Å²) in [4.78, 5) is 21.5. The van der Waals surface area contributed by atoms with E-state index >= 15 is 0 Å². The highest BCUT2D eigenvalue weighted by Crippen LogP contribution is 2.53. The Bertz CT molecular complexity index is 6190. The molecule has 4 heterocycles. The molecule has 92 heavy (non-hydrogen) atoms. The van der Waals surface area contributed by atoms with Gasteiger partial charge < -0.3 is 9.13 Å². The van der Waals surface area contributed by atoms with Gasteiger partial charge in [0.25, 0.3) is 0 Å². The Kier molecular flexibility index (Phi) is 10.8. The van der Waals surface area contributed by atoms with Crippen molar-refractivity contribution in [3.8, 4) is 124 Å². The van der Waals surface area contributed by atoms with Crippen molar-refractivity contribution in [2.24, 2.45) is 0 Å². The molecule has 0 radical (unpaired) electrons.